The molecule has 0 bridgehead atoms. The summed E-state index contributed by atoms with van der Waals surface area (Å²) in [6.45, 7) is 11.5. The Kier molecular flexibility index (Phi) is 9.51. The molecule has 208 valence electrons. The smallest absolute Gasteiger partial charge is 0.248 e. The monoisotopic (exact) mass is 534 g/mol. The predicted molar refractivity (Wildman–Crippen MR) is 151 cm³/mol. The number of anilines is 2. The molecule has 0 aliphatic carbocycles. The molecule has 1 aromatic heterocycles. The molecule has 0 spiro atoms. The third kappa shape index (κ3) is 8.17. The second-order valence-electron chi connectivity index (χ2n) is 10.8. The molecular weight excluding hydrogens is 496 g/mol. The van der Waals surface area contributed by atoms with Crippen molar-refractivity contribution in [2.45, 2.75) is 71.9 Å². The van der Waals surface area contributed by atoms with Gasteiger partial charge in [-0.25, -0.2) is 0 Å². The number of hydrogen-bond donors (Lipinski definition) is 2. The van der Waals surface area contributed by atoms with Crippen molar-refractivity contribution in [1.29, 1.82) is 0 Å². The molecule has 9 nitrogen and oxygen atoms in total. The van der Waals surface area contributed by atoms with E-state index in [1.165, 1.54) is 4.90 Å². The number of aryl methyl sites for hydroxylation is 1. The van der Waals surface area contributed by atoms with Crippen LogP contribution in [0.4, 0.5) is 11.5 Å². The van der Waals surface area contributed by atoms with E-state index in [-0.39, 0.29) is 36.4 Å². The number of carbonyl (C=O) groups is 3. The van der Waals surface area contributed by atoms with Crippen LogP contribution >= 0.6 is 0 Å². The number of carbonyl (C=O) groups excluding carboxylic acids is 3. The van der Waals surface area contributed by atoms with E-state index in [0.717, 1.165) is 5.56 Å². The topological polar surface area (TPSA) is 114 Å². The van der Waals surface area contributed by atoms with Gasteiger partial charge in [-0.15, -0.1) is 0 Å². The molecule has 0 aliphatic rings. The lowest BCUT2D eigenvalue weighted by atomic mass is 9.98. The molecule has 1 unspecified atom stereocenters. The molecule has 9 heteroatoms. The minimum Gasteiger partial charge on any atom is -0.497 e. The van der Waals surface area contributed by atoms with Crippen molar-refractivity contribution in [2.75, 3.05) is 17.3 Å². The Bertz CT molecular complexity index is 1270. The van der Waals surface area contributed by atoms with Gasteiger partial charge in [0.1, 0.15) is 17.6 Å². The molecule has 1 heterocycles. The van der Waals surface area contributed by atoms with Crippen LogP contribution in [0.1, 0.15) is 76.3 Å². The number of nitrogens with zero attached hydrogens (tertiary/aromatic N) is 2. The number of ether oxygens (including phenoxy) is 1. The molecule has 3 aromatic rings. The van der Waals surface area contributed by atoms with Gasteiger partial charge in [0.25, 0.3) is 0 Å². The van der Waals surface area contributed by atoms with Crippen LogP contribution < -0.4 is 20.3 Å². The zero-order chi connectivity index (χ0) is 28.7. The lowest BCUT2D eigenvalue weighted by molar-refractivity contribution is -0.128. The van der Waals surface area contributed by atoms with Crippen molar-refractivity contribution in [2.24, 2.45) is 0 Å². The maximum atomic E-state index is 13.8. The van der Waals surface area contributed by atoms with Gasteiger partial charge in [-0.1, -0.05) is 43.3 Å². The highest BCUT2D eigenvalue weighted by Gasteiger charge is 2.34. The molecular formula is C30H38N4O5. The molecule has 0 saturated carbocycles. The fraction of sp³-hybridized carbons (Fsp3) is 0.400. The Hall–Kier alpha value is -4.14. The highest BCUT2D eigenvalue weighted by Crippen LogP contribution is 2.32. The minimum absolute atomic E-state index is 0.0957. The van der Waals surface area contributed by atoms with Crippen LogP contribution in [0.2, 0.25) is 0 Å². The summed E-state index contributed by atoms with van der Waals surface area (Å²) in [6, 6.07) is 15.3. The average Bonchev–Trinajstić information content (AvgIpc) is 3.29. The van der Waals surface area contributed by atoms with Gasteiger partial charge in [0.2, 0.25) is 17.7 Å². The summed E-state index contributed by atoms with van der Waals surface area (Å²) >= 11 is 0. The van der Waals surface area contributed by atoms with Crippen molar-refractivity contribution in [3.8, 4) is 5.75 Å². The van der Waals surface area contributed by atoms with Crippen molar-refractivity contribution in [1.82, 2.24) is 10.5 Å². The number of methoxy groups -OCH3 is 1. The highest BCUT2D eigenvalue weighted by molar-refractivity contribution is 6.03. The van der Waals surface area contributed by atoms with Crippen LogP contribution in [0.25, 0.3) is 0 Å². The first-order valence-corrected chi connectivity index (χ1v) is 13.0. The molecule has 0 aliphatic heterocycles. The SMILES string of the molecule is COc1ccc(C(C(=O)NC(C)(C)C)N(C(=O)CCC(=O)Nc2cc(C)on2)c2ccc(C(C)C)cc2)cc1. The van der Waals surface area contributed by atoms with E-state index in [1.54, 1.807) is 44.4 Å². The summed E-state index contributed by atoms with van der Waals surface area (Å²) in [5.74, 6) is 0.685. The number of amides is 3. The molecule has 3 rings (SSSR count). The Balaban J connectivity index is 1.98. The van der Waals surface area contributed by atoms with Crippen molar-refractivity contribution >= 4 is 29.2 Å². The van der Waals surface area contributed by atoms with Crippen LogP contribution in [0.5, 0.6) is 5.75 Å². The largest absolute Gasteiger partial charge is 0.497 e. The Labute approximate surface area is 229 Å². The quantitative estimate of drug-likeness (QED) is 0.354. The molecule has 2 N–H and O–H groups in total. The molecule has 0 fully saturated rings. The predicted octanol–water partition coefficient (Wildman–Crippen LogP) is 5.52. The summed E-state index contributed by atoms with van der Waals surface area (Å²) in [7, 11) is 1.57. The molecule has 39 heavy (non-hydrogen) atoms. The van der Waals surface area contributed by atoms with E-state index < -0.39 is 11.6 Å². The molecule has 0 saturated heterocycles. The summed E-state index contributed by atoms with van der Waals surface area (Å²) in [4.78, 5) is 41.6. The van der Waals surface area contributed by atoms with Crippen molar-refractivity contribution < 1.29 is 23.6 Å². The second-order valence-corrected chi connectivity index (χ2v) is 10.8. The second kappa shape index (κ2) is 12.6. The fourth-order valence-electron chi connectivity index (χ4n) is 4.07. The van der Waals surface area contributed by atoms with Gasteiger partial charge in [0.15, 0.2) is 5.82 Å². The van der Waals surface area contributed by atoms with E-state index in [1.807, 2.05) is 45.0 Å². The first kappa shape index (κ1) is 29.4. The molecule has 2 aromatic carbocycles. The molecule has 3 amide bonds. The third-order valence-electron chi connectivity index (χ3n) is 6.00. The van der Waals surface area contributed by atoms with Gasteiger partial charge in [0.05, 0.1) is 7.11 Å². The van der Waals surface area contributed by atoms with Crippen molar-refractivity contribution in [3.63, 3.8) is 0 Å². The maximum absolute atomic E-state index is 13.8. The lowest BCUT2D eigenvalue weighted by Crippen LogP contribution is -2.49. The van der Waals surface area contributed by atoms with E-state index in [9.17, 15) is 14.4 Å². The summed E-state index contributed by atoms with van der Waals surface area (Å²) < 4.78 is 10.3. The van der Waals surface area contributed by atoms with Gasteiger partial charge in [-0.05, 0) is 69.0 Å². The van der Waals surface area contributed by atoms with Gasteiger partial charge in [-0.3, -0.25) is 19.3 Å². The zero-order valence-electron chi connectivity index (χ0n) is 23.7. The first-order chi connectivity index (χ1) is 18.4. The van der Waals surface area contributed by atoms with E-state index in [0.29, 0.717) is 28.7 Å². The Morgan fingerprint density at radius 1 is 0.974 bits per heavy atom. The lowest BCUT2D eigenvalue weighted by Gasteiger charge is -2.34. The summed E-state index contributed by atoms with van der Waals surface area (Å²) in [6.07, 6.45) is -0.217. The zero-order valence-corrected chi connectivity index (χ0v) is 23.7. The number of benzene rings is 2. The van der Waals surface area contributed by atoms with E-state index in [2.05, 4.69) is 29.6 Å². The standard InChI is InChI=1S/C30H38N4O5/c1-19(2)21-8-12-23(13-9-21)34(27(36)17-16-26(35)31-25-18-20(3)39-33-25)28(29(37)32-30(4,5)6)22-10-14-24(38-7)15-11-22/h8-15,18-19,28H,16-17H2,1-7H3,(H,32,37)(H,31,33,35). The van der Waals surface area contributed by atoms with Crippen LogP contribution in [-0.2, 0) is 14.4 Å². The normalized spacial score (nSPS) is 12.1. The minimum atomic E-state index is -0.978. The molecule has 1 atom stereocenters. The van der Waals surface area contributed by atoms with Crippen LogP contribution in [0.15, 0.2) is 59.1 Å². The van der Waals surface area contributed by atoms with Gasteiger partial charge in [0, 0.05) is 30.1 Å². The fourth-order valence-corrected chi connectivity index (χ4v) is 4.07. The first-order valence-electron chi connectivity index (χ1n) is 13.0. The summed E-state index contributed by atoms with van der Waals surface area (Å²) in [5, 5.41) is 9.42. The maximum Gasteiger partial charge on any atom is 0.248 e. The number of rotatable bonds is 10. The Morgan fingerprint density at radius 2 is 1.59 bits per heavy atom. The van der Waals surface area contributed by atoms with Gasteiger partial charge < -0.3 is 19.9 Å². The Morgan fingerprint density at radius 3 is 2.10 bits per heavy atom. The average molecular weight is 535 g/mol. The third-order valence-corrected chi connectivity index (χ3v) is 6.00. The van der Waals surface area contributed by atoms with Crippen LogP contribution in [0, 0.1) is 6.92 Å². The highest BCUT2D eigenvalue weighted by atomic mass is 16.5. The molecule has 0 radical (unpaired) electrons. The number of nitrogens with one attached hydrogen (secondary N) is 2. The van der Waals surface area contributed by atoms with Crippen LogP contribution in [-0.4, -0.2) is 35.5 Å². The number of hydrogen-bond acceptors (Lipinski definition) is 6. The van der Waals surface area contributed by atoms with E-state index in [4.69, 9.17) is 9.26 Å². The number of aromatic nitrogens is 1. The summed E-state index contributed by atoms with van der Waals surface area (Å²) in [5.41, 5.74) is 1.74. The van der Waals surface area contributed by atoms with Gasteiger partial charge in [-0.2, -0.15) is 0 Å². The van der Waals surface area contributed by atoms with E-state index >= 15 is 0 Å². The van der Waals surface area contributed by atoms with Crippen LogP contribution in [0.3, 0.4) is 0 Å². The van der Waals surface area contributed by atoms with Gasteiger partial charge >= 0.3 is 0 Å². The van der Waals surface area contributed by atoms with Crippen molar-refractivity contribution in [3.05, 3.63) is 71.5 Å².